The summed E-state index contributed by atoms with van der Waals surface area (Å²) in [5, 5.41) is 0.219. The third-order valence-corrected chi connectivity index (χ3v) is 3.00. The van der Waals surface area contributed by atoms with Crippen molar-refractivity contribution in [2.45, 2.75) is 19.9 Å². The zero-order valence-corrected chi connectivity index (χ0v) is 10.7. The molecular formula is C12H12ClFN2O2. The molecule has 96 valence electrons. The quantitative estimate of drug-likeness (QED) is 0.775. The highest BCUT2D eigenvalue weighted by Gasteiger charge is 2.39. The van der Waals surface area contributed by atoms with Crippen LogP contribution in [-0.2, 0) is 4.79 Å². The molecule has 0 aromatic heterocycles. The second-order valence-corrected chi connectivity index (χ2v) is 4.77. The first-order valence-corrected chi connectivity index (χ1v) is 5.88. The summed E-state index contributed by atoms with van der Waals surface area (Å²) in [6.45, 7) is 3.57. The average Bonchev–Trinajstić information content (AvgIpc) is 2.56. The number of amides is 3. The van der Waals surface area contributed by atoms with Gasteiger partial charge in [0.15, 0.2) is 0 Å². The minimum absolute atomic E-state index is 0.0292. The van der Waals surface area contributed by atoms with E-state index in [-0.39, 0.29) is 23.3 Å². The second kappa shape index (κ2) is 4.57. The van der Waals surface area contributed by atoms with Crippen molar-refractivity contribution in [3.8, 4) is 0 Å². The Labute approximate surface area is 109 Å². The van der Waals surface area contributed by atoms with Crippen LogP contribution in [0.5, 0.6) is 0 Å². The van der Waals surface area contributed by atoms with Crippen molar-refractivity contribution in [3.05, 3.63) is 29.0 Å². The lowest BCUT2D eigenvalue weighted by Gasteiger charge is -2.20. The van der Waals surface area contributed by atoms with Crippen LogP contribution in [0.25, 0.3) is 0 Å². The second-order valence-electron chi connectivity index (χ2n) is 4.33. The van der Waals surface area contributed by atoms with Crippen molar-refractivity contribution >= 4 is 29.2 Å². The summed E-state index contributed by atoms with van der Waals surface area (Å²) in [7, 11) is 0. The lowest BCUT2D eigenvalue weighted by molar-refractivity contribution is -0.116. The van der Waals surface area contributed by atoms with E-state index in [0.717, 1.165) is 11.0 Å². The molecule has 1 aromatic rings. The Kier molecular flexibility index (Phi) is 3.26. The van der Waals surface area contributed by atoms with Crippen molar-refractivity contribution in [2.24, 2.45) is 0 Å². The summed E-state index contributed by atoms with van der Waals surface area (Å²) in [4.78, 5) is 26.1. The van der Waals surface area contributed by atoms with Gasteiger partial charge in [0.2, 0.25) is 0 Å². The number of anilines is 1. The van der Waals surface area contributed by atoms with Gasteiger partial charge in [-0.15, -0.1) is 0 Å². The Bertz CT molecular complexity index is 519. The Hall–Kier alpha value is -1.62. The van der Waals surface area contributed by atoms with Gasteiger partial charge in [-0.25, -0.2) is 14.1 Å². The number of carbonyl (C=O) groups excluding carboxylic acids is 2. The monoisotopic (exact) mass is 270 g/mol. The molecule has 1 aliphatic rings. The fourth-order valence-corrected chi connectivity index (χ4v) is 1.98. The molecule has 2 rings (SSSR count). The molecule has 4 nitrogen and oxygen atoms in total. The minimum Gasteiger partial charge on any atom is -0.312 e. The molecule has 1 aliphatic heterocycles. The van der Waals surface area contributed by atoms with Crippen LogP contribution in [-0.4, -0.2) is 29.4 Å². The van der Waals surface area contributed by atoms with Gasteiger partial charge in [0, 0.05) is 11.1 Å². The summed E-state index contributed by atoms with van der Waals surface area (Å²) < 4.78 is 13.7. The smallest absolute Gasteiger partial charge is 0.312 e. The van der Waals surface area contributed by atoms with Crippen molar-refractivity contribution in [2.75, 3.05) is 11.4 Å². The number of urea groups is 1. The first kappa shape index (κ1) is 12.8. The number of carbonyl (C=O) groups is 2. The van der Waals surface area contributed by atoms with Crippen LogP contribution in [0, 0.1) is 5.82 Å². The van der Waals surface area contributed by atoms with Crippen molar-refractivity contribution in [1.29, 1.82) is 0 Å². The van der Waals surface area contributed by atoms with Gasteiger partial charge in [0.25, 0.3) is 5.91 Å². The largest absolute Gasteiger partial charge is 0.332 e. The molecule has 1 saturated heterocycles. The van der Waals surface area contributed by atoms with E-state index in [1.54, 1.807) is 13.8 Å². The van der Waals surface area contributed by atoms with E-state index in [1.807, 2.05) is 0 Å². The minimum atomic E-state index is -0.685. The summed E-state index contributed by atoms with van der Waals surface area (Å²) in [5.74, 6) is -1.12. The number of imide groups is 1. The standard InChI is InChI=1S/C12H12ClFN2O2/c1-7(2)15-6-11(17)16(12(15)18)10-4-3-8(13)5-9(10)14/h3-5,7H,6H2,1-2H3. The predicted molar refractivity (Wildman–Crippen MR) is 66.1 cm³/mol. The van der Waals surface area contributed by atoms with E-state index in [9.17, 15) is 14.0 Å². The summed E-state index contributed by atoms with van der Waals surface area (Å²) >= 11 is 5.64. The van der Waals surface area contributed by atoms with Crippen LogP contribution < -0.4 is 4.90 Å². The number of nitrogens with zero attached hydrogens (tertiary/aromatic N) is 2. The number of hydrogen-bond acceptors (Lipinski definition) is 2. The molecule has 3 amide bonds. The van der Waals surface area contributed by atoms with Crippen LogP contribution in [0.4, 0.5) is 14.9 Å². The summed E-state index contributed by atoms with van der Waals surface area (Å²) in [6.07, 6.45) is 0. The molecule has 1 aromatic carbocycles. The highest BCUT2D eigenvalue weighted by Crippen LogP contribution is 2.27. The predicted octanol–water partition coefficient (Wildman–Crippen LogP) is 2.66. The molecule has 0 radical (unpaired) electrons. The van der Waals surface area contributed by atoms with E-state index in [2.05, 4.69) is 0 Å². The molecule has 1 heterocycles. The van der Waals surface area contributed by atoms with E-state index in [0.29, 0.717) is 0 Å². The van der Waals surface area contributed by atoms with Gasteiger partial charge in [-0.05, 0) is 32.0 Å². The highest BCUT2D eigenvalue weighted by atomic mass is 35.5. The van der Waals surface area contributed by atoms with E-state index in [1.165, 1.54) is 17.0 Å². The zero-order chi connectivity index (χ0) is 13.4. The SMILES string of the molecule is CC(C)N1CC(=O)N(c2ccc(Cl)cc2F)C1=O. The van der Waals surface area contributed by atoms with Gasteiger partial charge in [-0.2, -0.15) is 0 Å². The molecule has 0 N–H and O–H groups in total. The fraction of sp³-hybridized carbons (Fsp3) is 0.333. The molecule has 0 aliphatic carbocycles. The fourth-order valence-electron chi connectivity index (χ4n) is 1.82. The lowest BCUT2D eigenvalue weighted by atomic mass is 10.3. The number of rotatable bonds is 2. The van der Waals surface area contributed by atoms with Crippen molar-refractivity contribution < 1.29 is 14.0 Å². The summed E-state index contributed by atoms with van der Waals surface area (Å²) in [6, 6.07) is 3.24. The Morgan fingerprint density at radius 1 is 1.33 bits per heavy atom. The molecule has 6 heteroatoms. The Morgan fingerprint density at radius 2 is 2.00 bits per heavy atom. The van der Waals surface area contributed by atoms with Crippen LogP contribution in [0.1, 0.15) is 13.8 Å². The van der Waals surface area contributed by atoms with Gasteiger partial charge >= 0.3 is 6.03 Å². The van der Waals surface area contributed by atoms with Crippen LogP contribution in [0.3, 0.4) is 0 Å². The third-order valence-electron chi connectivity index (χ3n) is 2.77. The number of hydrogen-bond donors (Lipinski definition) is 0. The van der Waals surface area contributed by atoms with Crippen molar-refractivity contribution in [1.82, 2.24) is 4.90 Å². The third kappa shape index (κ3) is 2.06. The molecule has 0 spiro atoms. The normalized spacial score (nSPS) is 16.1. The van der Waals surface area contributed by atoms with Crippen LogP contribution in [0.2, 0.25) is 5.02 Å². The van der Waals surface area contributed by atoms with Crippen molar-refractivity contribution in [3.63, 3.8) is 0 Å². The van der Waals surface area contributed by atoms with Gasteiger partial charge in [0.1, 0.15) is 12.4 Å². The van der Waals surface area contributed by atoms with Gasteiger partial charge in [-0.1, -0.05) is 11.6 Å². The zero-order valence-electron chi connectivity index (χ0n) is 9.98. The van der Waals surface area contributed by atoms with Gasteiger partial charge in [-0.3, -0.25) is 4.79 Å². The molecule has 0 atom stereocenters. The van der Waals surface area contributed by atoms with E-state index in [4.69, 9.17) is 11.6 Å². The molecule has 1 fully saturated rings. The van der Waals surface area contributed by atoms with E-state index < -0.39 is 17.8 Å². The number of halogens is 2. The average molecular weight is 271 g/mol. The molecule has 18 heavy (non-hydrogen) atoms. The van der Waals surface area contributed by atoms with Crippen LogP contribution >= 0.6 is 11.6 Å². The lowest BCUT2D eigenvalue weighted by Crippen LogP contribution is -2.36. The summed E-state index contributed by atoms with van der Waals surface area (Å²) in [5.41, 5.74) is -0.0578. The Morgan fingerprint density at radius 3 is 2.50 bits per heavy atom. The maximum Gasteiger partial charge on any atom is 0.332 e. The highest BCUT2D eigenvalue weighted by molar-refractivity contribution is 6.30. The molecule has 0 unspecified atom stereocenters. The molecule has 0 bridgehead atoms. The van der Waals surface area contributed by atoms with Gasteiger partial charge in [0.05, 0.1) is 5.69 Å². The number of benzene rings is 1. The first-order valence-electron chi connectivity index (χ1n) is 5.50. The van der Waals surface area contributed by atoms with Crippen LogP contribution in [0.15, 0.2) is 18.2 Å². The molecule has 0 saturated carbocycles. The maximum atomic E-state index is 13.7. The first-order chi connectivity index (χ1) is 8.41. The van der Waals surface area contributed by atoms with Gasteiger partial charge < -0.3 is 4.90 Å². The maximum absolute atomic E-state index is 13.7. The Balaban J connectivity index is 2.39. The topological polar surface area (TPSA) is 40.6 Å². The molecular weight excluding hydrogens is 259 g/mol. The van der Waals surface area contributed by atoms with E-state index >= 15 is 0 Å².